The van der Waals surface area contributed by atoms with E-state index < -0.39 is 12.2 Å². The number of aromatic nitrogens is 3. The van der Waals surface area contributed by atoms with Gasteiger partial charge in [0.15, 0.2) is 5.65 Å². The molecule has 6 nitrogen and oxygen atoms in total. The quantitative estimate of drug-likeness (QED) is 0.904. The Balaban J connectivity index is 1.66. The molecule has 0 spiro atoms. The first kappa shape index (κ1) is 16.7. The summed E-state index contributed by atoms with van der Waals surface area (Å²) in [6.07, 6.45) is -0.920. The zero-order chi connectivity index (χ0) is 17.5. The predicted molar refractivity (Wildman–Crippen MR) is 81.5 cm³/mol. The number of likely N-dealkylation sites (N-methyl/N-ethyl adjacent to an activating group) is 1. The highest BCUT2D eigenvalue weighted by Crippen LogP contribution is 2.30. The van der Waals surface area contributed by atoms with E-state index in [1.807, 2.05) is 0 Å². The molecule has 1 N–H and O–H groups in total. The second-order valence-electron chi connectivity index (χ2n) is 6.17. The summed E-state index contributed by atoms with van der Waals surface area (Å²) in [7, 11) is 3.23. The number of piperidine rings is 1. The van der Waals surface area contributed by atoms with Crippen LogP contribution >= 0.6 is 0 Å². The van der Waals surface area contributed by atoms with Gasteiger partial charge in [-0.1, -0.05) is 0 Å². The van der Waals surface area contributed by atoms with Crippen molar-refractivity contribution in [3.63, 3.8) is 0 Å². The number of pyridine rings is 1. The van der Waals surface area contributed by atoms with Crippen molar-refractivity contribution in [3.8, 4) is 0 Å². The van der Waals surface area contributed by atoms with E-state index in [0.717, 1.165) is 0 Å². The number of nitrogens with one attached hydrogen (secondary N) is 1. The molecule has 1 aliphatic rings. The van der Waals surface area contributed by atoms with Crippen LogP contribution in [0.5, 0.6) is 0 Å². The van der Waals surface area contributed by atoms with Crippen LogP contribution in [0.1, 0.15) is 23.2 Å². The van der Waals surface area contributed by atoms with Gasteiger partial charge in [-0.2, -0.15) is 13.2 Å². The molecule has 0 aromatic carbocycles. The number of alkyl halides is 3. The van der Waals surface area contributed by atoms with Crippen molar-refractivity contribution in [2.24, 2.45) is 7.05 Å². The number of nitrogens with zero attached hydrogens (tertiary/aromatic N) is 4. The molecule has 0 radical (unpaired) electrons. The lowest BCUT2D eigenvalue weighted by molar-refractivity contribution is -0.188. The molecule has 0 aliphatic carbocycles. The smallest absolute Gasteiger partial charge is 0.348 e. The number of imidazole rings is 1. The highest BCUT2D eigenvalue weighted by Gasteiger charge is 2.44. The number of rotatable bonds is 2. The van der Waals surface area contributed by atoms with Crippen molar-refractivity contribution >= 4 is 17.1 Å². The van der Waals surface area contributed by atoms with Gasteiger partial charge in [0.1, 0.15) is 11.6 Å². The fraction of sp³-hybridized carbons (Fsp3) is 0.533. The van der Waals surface area contributed by atoms with Gasteiger partial charge in [-0.3, -0.25) is 9.69 Å². The Morgan fingerprint density at radius 3 is 2.71 bits per heavy atom. The van der Waals surface area contributed by atoms with Gasteiger partial charge in [0.25, 0.3) is 5.91 Å². The normalized spacial score (nSPS) is 22.7. The van der Waals surface area contributed by atoms with Gasteiger partial charge in [0.05, 0.1) is 11.9 Å². The van der Waals surface area contributed by atoms with Crippen LogP contribution in [0.15, 0.2) is 18.6 Å². The largest absolute Gasteiger partial charge is 0.404 e. The Labute approximate surface area is 136 Å². The molecule has 0 unspecified atom stereocenters. The van der Waals surface area contributed by atoms with Crippen molar-refractivity contribution in [1.29, 1.82) is 0 Å². The fourth-order valence-electron chi connectivity index (χ4n) is 3.09. The number of halogens is 3. The van der Waals surface area contributed by atoms with Crippen molar-refractivity contribution in [3.05, 3.63) is 24.2 Å². The number of carbonyl (C=O) groups excluding carboxylic acids is 1. The first-order chi connectivity index (χ1) is 11.3. The fourth-order valence-corrected chi connectivity index (χ4v) is 3.09. The molecule has 9 heteroatoms. The first-order valence-corrected chi connectivity index (χ1v) is 7.60. The minimum absolute atomic E-state index is 0.0253. The highest BCUT2D eigenvalue weighted by atomic mass is 19.4. The third kappa shape index (κ3) is 3.21. The monoisotopic (exact) mass is 341 g/mol. The summed E-state index contributed by atoms with van der Waals surface area (Å²) in [4.78, 5) is 21.9. The van der Waals surface area contributed by atoms with Crippen LogP contribution in [0.4, 0.5) is 13.2 Å². The van der Waals surface area contributed by atoms with Crippen molar-refractivity contribution < 1.29 is 18.0 Å². The predicted octanol–water partition coefficient (Wildman–Crippen LogP) is 1.72. The minimum Gasteiger partial charge on any atom is -0.348 e. The average molecular weight is 341 g/mol. The van der Waals surface area contributed by atoms with Gasteiger partial charge in [-0.25, -0.2) is 9.97 Å². The second kappa shape index (κ2) is 6.04. The van der Waals surface area contributed by atoms with Gasteiger partial charge < -0.3 is 9.88 Å². The average Bonchev–Trinajstić information content (AvgIpc) is 2.87. The van der Waals surface area contributed by atoms with Gasteiger partial charge >= 0.3 is 6.18 Å². The van der Waals surface area contributed by atoms with Crippen LogP contribution in [0, 0.1) is 0 Å². The number of amides is 1. The van der Waals surface area contributed by atoms with Crippen molar-refractivity contribution in [2.75, 3.05) is 13.6 Å². The molecule has 0 bridgehead atoms. The maximum absolute atomic E-state index is 12.9. The maximum Gasteiger partial charge on any atom is 0.404 e. The summed E-state index contributed by atoms with van der Waals surface area (Å²) in [5.74, 6) is -0.348. The summed E-state index contributed by atoms with van der Waals surface area (Å²) >= 11 is 0. The molecule has 1 aliphatic heterocycles. The zero-order valence-corrected chi connectivity index (χ0v) is 13.3. The molecule has 2 aromatic rings. The van der Waals surface area contributed by atoms with E-state index >= 15 is 0 Å². The lowest BCUT2D eigenvalue weighted by Gasteiger charge is -2.38. The molecule has 3 rings (SSSR count). The molecule has 24 heavy (non-hydrogen) atoms. The number of aryl methyl sites for hydroxylation is 1. The first-order valence-electron chi connectivity index (χ1n) is 7.60. The third-order valence-corrected chi connectivity index (χ3v) is 4.36. The Kier molecular flexibility index (Phi) is 4.20. The number of likely N-dealkylation sites (tertiary alicyclic amines) is 1. The molecule has 1 fully saturated rings. The van der Waals surface area contributed by atoms with E-state index in [0.29, 0.717) is 23.1 Å². The minimum atomic E-state index is -4.24. The molecule has 2 aromatic heterocycles. The number of carbonyl (C=O) groups is 1. The molecule has 2 atom stereocenters. The van der Waals surface area contributed by atoms with E-state index in [2.05, 4.69) is 15.3 Å². The van der Waals surface area contributed by atoms with Crippen LogP contribution in [-0.2, 0) is 7.05 Å². The maximum atomic E-state index is 12.9. The van der Waals surface area contributed by atoms with E-state index in [-0.39, 0.29) is 24.9 Å². The second-order valence-corrected chi connectivity index (χ2v) is 6.17. The standard InChI is InChI=1S/C15H18F3N5O/c1-22-7-10(3-4-12(22)15(16,17)18)21-14(24)9-5-11-13(19-6-9)23(2)8-20-11/h5-6,8,10,12H,3-4,7H2,1-2H3,(H,21,24)/t10-,12-/m1/s1. The molecule has 1 amide bonds. The summed E-state index contributed by atoms with van der Waals surface area (Å²) < 4.78 is 40.3. The van der Waals surface area contributed by atoms with Gasteiger partial charge in [-0.15, -0.1) is 0 Å². The van der Waals surface area contributed by atoms with Crippen LogP contribution in [0.25, 0.3) is 11.2 Å². The number of hydrogen-bond donors (Lipinski definition) is 1. The van der Waals surface area contributed by atoms with E-state index in [1.54, 1.807) is 24.0 Å². The van der Waals surface area contributed by atoms with E-state index in [1.165, 1.54) is 18.1 Å². The molecular formula is C15H18F3N5O. The summed E-state index contributed by atoms with van der Waals surface area (Å²) in [6, 6.07) is -0.138. The van der Waals surface area contributed by atoms with Gasteiger partial charge in [0, 0.05) is 25.8 Å². The van der Waals surface area contributed by atoms with Crippen LogP contribution in [0.3, 0.4) is 0 Å². The molecule has 130 valence electrons. The zero-order valence-electron chi connectivity index (χ0n) is 13.3. The Morgan fingerprint density at radius 1 is 1.29 bits per heavy atom. The lowest BCUT2D eigenvalue weighted by Crippen LogP contribution is -2.54. The highest BCUT2D eigenvalue weighted by molar-refractivity contribution is 5.96. The topological polar surface area (TPSA) is 63.1 Å². The van der Waals surface area contributed by atoms with E-state index in [9.17, 15) is 18.0 Å². The van der Waals surface area contributed by atoms with Crippen LogP contribution in [0.2, 0.25) is 0 Å². The summed E-state index contributed by atoms with van der Waals surface area (Å²) in [5.41, 5.74) is 1.61. The van der Waals surface area contributed by atoms with Gasteiger partial charge in [-0.05, 0) is 26.0 Å². The third-order valence-electron chi connectivity index (χ3n) is 4.36. The van der Waals surface area contributed by atoms with E-state index in [4.69, 9.17) is 0 Å². The van der Waals surface area contributed by atoms with Crippen LogP contribution < -0.4 is 5.32 Å². The van der Waals surface area contributed by atoms with Crippen LogP contribution in [-0.4, -0.2) is 57.2 Å². The van der Waals surface area contributed by atoms with Crippen molar-refractivity contribution in [1.82, 2.24) is 24.8 Å². The molecule has 0 saturated carbocycles. The molecule has 3 heterocycles. The van der Waals surface area contributed by atoms with Crippen molar-refractivity contribution in [2.45, 2.75) is 31.1 Å². The van der Waals surface area contributed by atoms with Gasteiger partial charge in [0.2, 0.25) is 0 Å². The number of hydrogen-bond acceptors (Lipinski definition) is 4. The summed E-state index contributed by atoms with van der Waals surface area (Å²) in [5, 5.41) is 2.79. The Morgan fingerprint density at radius 2 is 2.04 bits per heavy atom. The lowest BCUT2D eigenvalue weighted by atomic mass is 9.98. The Hall–Kier alpha value is -2.16. The number of fused-ring (bicyclic) bond motifs is 1. The Bertz CT molecular complexity index is 757. The summed E-state index contributed by atoms with van der Waals surface area (Å²) in [6.45, 7) is 0.162. The molecule has 1 saturated heterocycles. The SMILES string of the molecule is CN1C[C@H](NC(=O)c2cnc3c(c2)ncn3C)CC[C@@H]1C(F)(F)F. The molecular weight excluding hydrogens is 323 g/mol.